The second kappa shape index (κ2) is 35.8. The first-order chi connectivity index (χ1) is 61.9. The van der Waals surface area contributed by atoms with Gasteiger partial charge in [0, 0.05) is 59.2 Å². The number of hydrogen-bond donors (Lipinski definition) is 0. The standard InChI is InChI=1S/2C26H19N2S.3C20H15N2Se/c1-17-9-11-22-21-12-10-20(27-2)16-24(21)29-26(22)25(17)23-15-19(13-14-28(23)3)18-7-5-4-6-8-18;1-17-11-12-21-25-20(16-27)9-6-10-23(25)29-26(21)24(17)22-15-19(13-14-28(22)2)18-7-4-3-5-8-18;1-13-10-11-15-14-7-6-8-16(21-2)19(14)23-20(15)18(13)17-9-4-5-12-22(17)3;1-13-7-9-16-15-10-8-14(21-2)12-18(15)23-20(16)19(13)17-6-4-5-11-22(17)3;1-13-9-10-15-19-14(12-21)6-5-8-17(19)23-20(15)18(13)16-7-3-4-11-22(16)2/h4-16H,1,3H3;3-15H,1-2H3;2*4-12H,1,3H3;3-11H,1-2H3/q5*+1. The molecule has 0 aliphatic carbocycles. The van der Waals surface area contributed by atoms with Crippen LogP contribution in [0.3, 0.4) is 0 Å². The molecule has 0 bridgehead atoms. The first-order valence-electron chi connectivity index (χ1n) is 41.6. The second-order valence-electron chi connectivity index (χ2n) is 31.8. The summed E-state index contributed by atoms with van der Waals surface area (Å²) in [6.07, 6.45) is 10.5. The summed E-state index contributed by atoms with van der Waals surface area (Å²) in [6, 6.07) is 106. The molecule has 10 heterocycles. The zero-order chi connectivity index (χ0) is 87.8. The number of hydrogen-bond acceptors (Lipinski definition) is 4. The van der Waals surface area contributed by atoms with Crippen molar-refractivity contribution in [2.75, 3.05) is 0 Å². The summed E-state index contributed by atoms with van der Waals surface area (Å²) >= 11 is 4.21. The first-order valence-corrected chi connectivity index (χ1v) is 48.3. The van der Waals surface area contributed by atoms with Crippen LogP contribution in [-0.2, 0) is 35.2 Å². The van der Waals surface area contributed by atoms with Crippen LogP contribution in [0.4, 0.5) is 17.1 Å². The van der Waals surface area contributed by atoms with Crippen molar-refractivity contribution in [3.63, 3.8) is 0 Å². The maximum atomic E-state index is 9.61. The Morgan fingerprint density at radius 2 is 0.693 bits per heavy atom. The molecule has 0 amide bonds. The molecule has 606 valence electrons. The molecule has 0 aliphatic rings. The topological polar surface area (TPSA) is 80.1 Å². The Morgan fingerprint density at radius 1 is 0.283 bits per heavy atom. The monoisotopic (exact) mass is 1870 g/mol. The van der Waals surface area contributed by atoms with Gasteiger partial charge in [0.15, 0.2) is 18.1 Å². The number of pyridine rings is 5. The van der Waals surface area contributed by atoms with Crippen LogP contribution in [0.5, 0.6) is 0 Å². The summed E-state index contributed by atoms with van der Waals surface area (Å²) in [5, 5.41) is 31.3. The molecule has 0 saturated carbocycles. The van der Waals surface area contributed by atoms with Gasteiger partial charge >= 0.3 is 423 Å². The van der Waals surface area contributed by atoms with E-state index in [1.807, 2.05) is 66.7 Å². The predicted molar refractivity (Wildman–Crippen MR) is 530 cm³/mol. The van der Waals surface area contributed by atoms with Gasteiger partial charge in [-0.3, -0.25) is 0 Å². The van der Waals surface area contributed by atoms with Crippen LogP contribution < -0.4 is 22.8 Å². The van der Waals surface area contributed by atoms with Crippen LogP contribution in [0.15, 0.2) is 322 Å². The molecule has 12 aromatic carbocycles. The van der Waals surface area contributed by atoms with Gasteiger partial charge in [-0.1, -0.05) is 103 Å². The number of thiophene rings is 2. The Hall–Kier alpha value is -14.2. The maximum absolute atomic E-state index is 9.61. The molecule has 0 radical (unpaired) electrons. The van der Waals surface area contributed by atoms with Crippen molar-refractivity contribution in [3.8, 4) is 90.7 Å². The van der Waals surface area contributed by atoms with Gasteiger partial charge in [0.25, 0.3) is 0 Å². The molecule has 0 aliphatic heterocycles. The molecule has 127 heavy (non-hydrogen) atoms. The Kier molecular flexibility index (Phi) is 23.6. The van der Waals surface area contributed by atoms with E-state index in [4.69, 9.17) is 19.7 Å². The summed E-state index contributed by atoms with van der Waals surface area (Å²) in [4.78, 5) is 10.9. The molecular weight excluding hydrogens is 1790 g/mol. The Balaban J connectivity index is 0.000000108. The fraction of sp³-hybridized carbons (Fsp3) is 0.0893. The third-order valence-electron chi connectivity index (χ3n) is 23.8. The summed E-state index contributed by atoms with van der Waals surface area (Å²) in [5.41, 5.74) is 27.6. The van der Waals surface area contributed by atoms with Crippen LogP contribution >= 0.6 is 22.7 Å². The number of fused-ring (bicyclic) bond motifs is 15. The molecule has 15 heteroatoms. The van der Waals surface area contributed by atoms with E-state index >= 15 is 0 Å². The molecule has 0 atom stereocenters. The van der Waals surface area contributed by atoms with Crippen molar-refractivity contribution >= 4 is 181 Å². The van der Waals surface area contributed by atoms with Gasteiger partial charge in [0.2, 0.25) is 11.4 Å². The molecule has 22 rings (SSSR count). The predicted octanol–water partition coefficient (Wildman–Crippen LogP) is 26.0. The molecule has 10 aromatic heterocycles. The number of benzene rings is 12. The molecular formula is C112H83N10S2Se3+5. The van der Waals surface area contributed by atoms with Crippen molar-refractivity contribution in [1.82, 2.24) is 0 Å². The molecule has 10 nitrogen and oxygen atoms in total. The molecule has 0 spiro atoms. The summed E-state index contributed by atoms with van der Waals surface area (Å²) in [7, 11) is 10.5. The van der Waals surface area contributed by atoms with Gasteiger partial charge in [-0.15, -0.1) is 22.7 Å². The van der Waals surface area contributed by atoms with Crippen LogP contribution in [0.1, 0.15) is 38.9 Å². The molecule has 0 unspecified atom stereocenters. The van der Waals surface area contributed by atoms with Gasteiger partial charge < -0.3 is 0 Å². The zero-order valence-electron chi connectivity index (χ0n) is 71.6. The van der Waals surface area contributed by atoms with Crippen LogP contribution in [-0.4, -0.2) is 43.5 Å². The number of aryl methyl sites for hydroxylation is 10. The fourth-order valence-corrected chi connectivity index (χ4v) is 28.6. The van der Waals surface area contributed by atoms with Crippen molar-refractivity contribution < 1.29 is 22.8 Å². The van der Waals surface area contributed by atoms with Gasteiger partial charge in [0.1, 0.15) is 14.1 Å². The van der Waals surface area contributed by atoms with Gasteiger partial charge in [-0.2, -0.15) is 5.26 Å². The Bertz CT molecular complexity index is 8370. The zero-order valence-corrected chi connectivity index (χ0v) is 78.4. The van der Waals surface area contributed by atoms with Gasteiger partial charge in [0.05, 0.1) is 29.3 Å². The summed E-state index contributed by atoms with van der Waals surface area (Å²) in [6.45, 7) is 32.9. The van der Waals surface area contributed by atoms with Gasteiger partial charge in [-0.25, -0.2) is 14.0 Å². The Morgan fingerprint density at radius 3 is 1.22 bits per heavy atom. The molecule has 0 saturated heterocycles. The van der Waals surface area contributed by atoms with E-state index in [1.165, 1.54) is 184 Å². The van der Waals surface area contributed by atoms with Crippen molar-refractivity contribution in [2.45, 2.75) is 34.6 Å². The van der Waals surface area contributed by atoms with Crippen LogP contribution in [0.2, 0.25) is 0 Å². The third kappa shape index (κ3) is 15.8. The van der Waals surface area contributed by atoms with Crippen LogP contribution in [0, 0.1) is 77.0 Å². The van der Waals surface area contributed by atoms with Gasteiger partial charge in [-0.05, 0) is 70.8 Å². The molecule has 0 N–H and O–H groups in total. The van der Waals surface area contributed by atoms with E-state index < -0.39 is 0 Å². The van der Waals surface area contributed by atoms with Crippen molar-refractivity contribution in [1.29, 1.82) is 10.5 Å². The van der Waals surface area contributed by atoms with E-state index in [-0.39, 0.29) is 43.5 Å². The minimum absolute atomic E-state index is 0.177. The van der Waals surface area contributed by atoms with E-state index in [0.29, 0.717) is 5.69 Å². The second-order valence-corrected chi connectivity index (χ2v) is 40.4. The average molecular weight is 1870 g/mol. The van der Waals surface area contributed by atoms with Crippen LogP contribution in [0.25, 0.3) is 191 Å². The van der Waals surface area contributed by atoms with E-state index in [9.17, 15) is 10.5 Å². The minimum atomic E-state index is 0.177. The summed E-state index contributed by atoms with van der Waals surface area (Å²) < 4.78 is 23.9. The Labute approximate surface area is 764 Å². The summed E-state index contributed by atoms with van der Waals surface area (Å²) in [5.74, 6) is 0. The van der Waals surface area contributed by atoms with E-state index in [1.54, 1.807) is 22.7 Å². The average Bonchev–Trinajstić information content (AvgIpc) is 1.63. The third-order valence-corrected chi connectivity index (χ3v) is 33.8. The number of rotatable bonds is 7. The van der Waals surface area contributed by atoms with Crippen molar-refractivity contribution in [3.05, 3.63) is 395 Å². The van der Waals surface area contributed by atoms with Crippen molar-refractivity contribution in [2.24, 2.45) is 35.2 Å². The fourth-order valence-electron chi connectivity index (χ4n) is 17.4. The molecule has 22 aromatic rings. The SMILES string of the molecule is Cc1ccc2c([se]c3cccc(C#N)c32)c1-c1cccc[n+]1C.Cc1ccc2c(sc3cccc(C#N)c32)c1-c1cc(-c2ccccc2)cc[n+]1C.[C-]#[N+]c1ccc2c(c1)[se]c1c(-c3cccc[n+]3C)c(C)ccc12.[C-]#[N+]c1ccc2c(c1)sc1c(-c3cc(-c4ccccc4)cc[n+]3C)c(C)ccc12.[C-]#[N+]c1cccc2c1[se]c1c(-c3cccc[n+]3C)c(C)ccc12. The quantitative estimate of drug-likeness (QED) is 0.0905. The molecule has 0 fully saturated rings. The normalized spacial score (nSPS) is 11.0. The van der Waals surface area contributed by atoms with E-state index in [0.717, 1.165) is 43.4 Å². The number of nitriles is 2. The number of aromatic nitrogens is 5. The van der Waals surface area contributed by atoms with E-state index in [2.05, 4.69) is 375 Å². The first kappa shape index (κ1) is 83.7. The number of nitrogens with zero attached hydrogens (tertiary/aromatic N) is 10.